The molecular weight excluding hydrogens is 164 g/mol. The highest BCUT2D eigenvalue weighted by Crippen LogP contribution is 2.36. The molecule has 1 aromatic rings. The van der Waals surface area contributed by atoms with Gasteiger partial charge in [-0.2, -0.15) is 0 Å². The number of ether oxygens (including phenoxy) is 1. The largest absolute Gasteiger partial charge is 0.454 e. The maximum atomic E-state index is 11.2. The van der Waals surface area contributed by atoms with E-state index >= 15 is 0 Å². The zero-order chi connectivity index (χ0) is 9.42. The summed E-state index contributed by atoms with van der Waals surface area (Å²) < 4.78 is 5.17. The number of rotatable bonds is 2. The van der Waals surface area contributed by atoms with Gasteiger partial charge >= 0.3 is 0 Å². The van der Waals surface area contributed by atoms with E-state index in [4.69, 9.17) is 4.74 Å². The molecule has 2 rings (SSSR count). The average molecular weight is 174 g/mol. The fourth-order valence-corrected chi connectivity index (χ4v) is 1.36. The Balaban J connectivity index is 2.51. The van der Waals surface area contributed by atoms with Crippen LogP contribution < -0.4 is 0 Å². The van der Waals surface area contributed by atoms with Crippen LogP contribution in [0.4, 0.5) is 0 Å². The smallest absolute Gasteiger partial charge is 0.172 e. The van der Waals surface area contributed by atoms with Crippen LogP contribution >= 0.6 is 0 Å². The van der Waals surface area contributed by atoms with Crippen LogP contribution in [-0.2, 0) is 4.74 Å². The van der Waals surface area contributed by atoms with Gasteiger partial charge < -0.3 is 4.74 Å². The summed E-state index contributed by atoms with van der Waals surface area (Å²) in [5, 5.41) is 0. The fraction of sp³-hybridized carbons (Fsp3) is 0.182. The van der Waals surface area contributed by atoms with E-state index in [1.807, 2.05) is 31.2 Å². The van der Waals surface area contributed by atoms with Gasteiger partial charge in [0.1, 0.15) is 5.76 Å². The molecule has 0 atom stereocenters. The Morgan fingerprint density at radius 1 is 1.31 bits per heavy atom. The fourth-order valence-electron chi connectivity index (χ4n) is 1.36. The molecule has 0 fully saturated rings. The van der Waals surface area contributed by atoms with Crippen LogP contribution in [-0.4, -0.2) is 5.78 Å². The molecule has 0 radical (unpaired) electrons. The van der Waals surface area contributed by atoms with E-state index in [9.17, 15) is 4.79 Å². The van der Waals surface area contributed by atoms with Crippen LogP contribution in [0.5, 0.6) is 0 Å². The predicted molar refractivity (Wildman–Crippen MR) is 50.1 cm³/mol. The van der Waals surface area contributed by atoms with Gasteiger partial charge in [-0.25, -0.2) is 0 Å². The van der Waals surface area contributed by atoms with Crippen molar-refractivity contribution < 1.29 is 9.53 Å². The standard InChI is InChI=1S/C11H10O2/c1-7(12)9-5-3-4-6-10(9)11-8(2)13-11/h3-6H,1-2H3. The van der Waals surface area contributed by atoms with Crippen molar-refractivity contribution in [2.75, 3.05) is 0 Å². The summed E-state index contributed by atoms with van der Waals surface area (Å²) in [5.41, 5.74) is 1.64. The molecule has 0 aromatic heterocycles. The molecule has 0 spiro atoms. The molecule has 0 bridgehead atoms. The molecule has 0 aliphatic carbocycles. The van der Waals surface area contributed by atoms with Crippen molar-refractivity contribution in [3.63, 3.8) is 0 Å². The normalized spacial score (nSPS) is 14.0. The van der Waals surface area contributed by atoms with Crippen LogP contribution in [0.2, 0.25) is 0 Å². The van der Waals surface area contributed by atoms with Crippen LogP contribution in [0, 0.1) is 0 Å². The highest BCUT2D eigenvalue weighted by molar-refractivity contribution is 5.99. The van der Waals surface area contributed by atoms with Crippen molar-refractivity contribution in [3.05, 3.63) is 41.2 Å². The van der Waals surface area contributed by atoms with Crippen LogP contribution in [0.1, 0.15) is 29.8 Å². The van der Waals surface area contributed by atoms with Gasteiger partial charge in [-0.15, -0.1) is 0 Å². The van der Waals surface area contributed by atoms with E-state index in [-0.39, 0.29) is 5.78 Å². The molecular formula is C11H10O2. The third kappa shape index (κ3) is 1.35. The highest BCUT2D eigenvalue weighted by Gasteiger charge is 2.25. The van der Waals surface area contributed by atoms with Gasteiger partial charge in [0.25, 0.3) is 0 Å². The number of allylic oxidation sites excluding steroid dienone is 1. The molecule has 2 nitrogen and oxygen atoms in total. The Hall–Kier alpha value is -1.57. The van der Waals surface area contributed by atoms with Gasteiger partial charge in [0.05, 0.1) is 0 Å². The lowest BCUT2D eigenvalue weighted by molar-refractivity contribution is 0.101. The molecule has 0 N–H and O–H groups in total. The van der Waals surface area contributed by atoms with Crippen LogP contribution in [0.15, 0.2) is 30.0 Å². The van der Waals surface area contributed by atoms with Gasteiger partial charge in [-0.1, -0.05) is 24.3 Å². The summed E-state index contributed by atoms with van der Waals surface area (Å²) in [7, 11) is 0. The third-order valence-corrected chi connectivity index (χ3v) is 2.08. The first-order valence-corrected chi connectivity index (χ1v) is 4.19. The Morgan fingerprint density at radius 3 is 2.46 bits per heavy atom. The first-order chi connectivity index (χ1) is 6.20. The molecule has 1 aromatic carbocycles. The van der Waals surface area contributed by atoms with Crippen molar-refractivity contribution in [1.82, 2.24) is 0 Å². The van der Waals surface area contributed by atoms with Crippen molar-refractivity contribution in [1.29, 1.82) is 0 Å². The van der Waals surface area contributed by atoms with E-state index in [2.05, 4.69) is 0 Å². The molecule has 13 heavy (non-hydrogen) atoms. The first kappa shape index (κ1) is 8.05. The lowest BCUT2D eigenvalue weighted by Gasteiger charge is -1.99. The number of carbonyl (C=O) groups excluding carboxylic acids is 1. The third-order valence-electron chi connectivity index (χ3n) is 2.08. The van der Waals surface area contributed by atoms with E-state index in [1.165, 1.54) is 0 Å². The monoisotopic (exact) mass is 174 g/mol. The molecule has 2 heteroatoms. The number of ketones is 1. The van der Waals surface area contributed by atoms with Crippen LogP contribution in [0.3, 0.4) is 0 Å². The van der Waals surface area contributed by atoms with Crippen molar-refractivity contribution in [2.45, 2.75) is 13.8 Å². The predicted octanol–water partition coefficient (Wildman–Crippen LogP) is 2.61. The first-order valence-electron chi connectivity index (χ1n) is 4.19. The summed E-state index contributed by atoms with van der Waals surface area (Å²) >= 11 is 0. The highest BCUT2D eigenvalue weighted by atomic mass is 16.6. The summed E-state index contributed by atoms with van der Waals surface area (Å²) in [6.45, 7) is 3.46. The number of hydrogen-bond donors (Lipinski definition) is 0. The van der Waals surface area contributed by atoms with Gasteiger partial charge in [0, 0.05) is 11.1 Å². The quantitative estimate of drug-likeness (QED) is 0.645. The number of benzene rings is 1. The van der Waals surface area contributed by atoms with Crippen molar-refractivity contribution >= 4 is 11.5 Å². The van der Waals surface area contributed by atoms with Gasteiger partial charge in [0.15, 0.2) is 11.5 Å². The average Bonchev–Trinajstić information content (AvgIpc) is 2.82. The SMILES string of the molecule is CC(=O)c1ccccc1C1=C(C)O1. The second-order valence-corrected chi connectivity index (χ2v) is 3.09. The van der Waals surface area contributed by atoms with Gasteiger partial charge in [-0.3, -0.25) is 4.79 Å². The summed E-state index contributed by atoms with van der Waals surface area (Å²) in [4.78, 5) is 11.2. The number of hydrogen-bond acceptors (Lipinski definition) is 2. The van der Waals surface area contributed by atoms with Crippen molar-refractivity contribution in [3.8, 4) is 0 Å². The zero-order valence-corrected chi connectivity index (χ0v) is 7.63. The van der Waals surface area contributed by atoms with Gasteiger partial charge in [0.2, 0.25) is 0 Å². The molecule has 1 aliphatic rings. The van der Waals surface area contributed by atoms with E-state index in [0.717, 1.165) is 22.6 Å². The zero-order valence-electron chi connectivity index (χ0n) is 7.63. The topological polar surface area (TPSA) is 29.6 Å². The summed E-state index contributed by atoms with van der Waals surface area (Å²) in [5.74, 6) is 1.84. The second kappa shape index (κ2) is 2.73. The van der Waals surface area contributed by atoms with E-state index in [1.54, 1.807) is 6.92 Å². The van der Waals surface area contributed by atoms with Crippen molar-refractivity contribution in [2.24, 2.45) is 0 Å². The minimum Gasteiger partial charge on any atom is -0.454 e. The minimum atomic E-state index is 0.0754. The Labute approximate surface area is 76.8 Å². The molecule has 0 saturated heterocycles. The molecule has 1 aliphatic heterocycles. The molecule has 0 unspecified atom stereocenters. The Morgan fingerprint density at radius 2 is 1.92 bits per heavy atom. The Kier molecular flexibility index (Phi) is 1.69. The maximum Gasteiger partial charge on any atom is 0.172 e. The van der Waals surface area contributed by atoms with Crippen LogP contribution in [0.25, 0.3) is 5.76 Å². The maximum absolute atomic E-state index is 11.2. The molecule has 66 valence electrons. The van der Waals surface area contributed by atoms with Gasteiger partial charge in [-0.05, 0) is 13.8 Å². The van der Waals surface area contributed by atoms with E-state index < -0.39 is 0 Å². The summed E-state index contributed by atoms with van der Waals surface area (Å²) in [6.07, 6.45) is 0. The molecule has 0 saturated carbocycles. The molecule has 0 amide bonds. The van der Waals surface area contributed by atoms with E-state index in [0.29, 0.717) is 0 Å². The Bertz CT molecular complexity index is 402. The number of Topliss-reactive ketones (excluding diaryl/α,β-unsaturated/α-hetero) is 1. The minimum absolute atomic E-state index is 0.0754. The summed E-state index contributed by atoms with van der Waals surface area (Å²) in [6, 6.07) is 7.49. The second-order valence-electron chi connectivity index (χ2n) is 3.09. The lowest BCUT2D eigenvalue weighted by Crippen LogP contribution is -1.95. The lowest BCUT2D eigenvalue weighted by atomic mass is 10.0. The molecule has 1 heterocycles. The number of carbonyl (C=O) groups is 1.